The van der Waals surface area contributed by atoms with Gasteiger partial charge in [-0.05, 0) is 43.1 Å². The second-order valence-electron chi connectivity index (χ2n) is 5.90. The fraction of sp³-hybridized carbons (Fsp3) is 0.412. The molecule has 24 heavy (non-hydrogen) atoms. The molecule has 2 heterocycles. The number of hydrogen-bond donors (Lipinski definition) is 1. The van der Waals surface area contributed by atoms with Gasteiger partial charge in [-0.25, -0.2) is 9.97 Å². The summed E-state index contributed by atoms with van der Waals surface area (Å²) < 4.78 is 37.8. The van der Waals surface area contributed by atoms with E-state index in [9.17, 15) is 18.3 Å². The van der Waals surface area contributed by atoms with E-state index in [1.807, 2.05) is 0 Å². The van der Waals surface area contributed by atoms with Gasteiger partial charge in [-0.2, -0.15) is 13.2 Å². The minimum atomic E-state index is -4.37. The molecule has 1 aliphatic heterocycles. The highest BCUT2D eigenvalue weighted by Gasteiger charge is 2.31. The van der Waals surface area contributed by atoms with Gasteiger partial charge in [0.05, 0.1) is 17.7 Å². The molecule has 0 spiro atoms. The number of benzene rings is 1. The van der Waals surface area contributed by atoms with Crippen molar-refractivity contribution in [3.05, 3.63) is 59.7 Å². The van der Waals surface area contributed by atoms with Crippen LogP contribution < -0.4 is 0 Å². The van der Waals surface area contributed by atoms with Crippen LogP contribution in [0, 0.1) is 0 Å². The predicted octanol–water partition coefficient (Wildman–Crippen LogP) is 3.37. The molecule has 2 atom stereocenters. The smallest absolute Gasteiger partial charge is 0.387 e. The topological polar surface area (TPSA) is 49.2 Å². The van der Waals surface area contributed by atoms with Crippen LogP contribution in [0.3, 0.4) is 0 Å². The molecule has 1 aromatic heterocycles. The molecule has 0 amide bonds. The van der Waals surface area contributed by atoms with Crippen LogP contribution in [-0.2, 0) is 6.18 Å². The lowest BCUT2D eigenvalue weighted by Gasteiger charge is -2.26. The van der Waals surface area contributed by atoms with Crippen LogP contribution in [0.15, 0.2) is 42.7 Å². The van der Waals surface area contributed by atoms with Crippen molar-refractivity contribution in [3.63, 3.8) is 0 Å². The summed E-state index contributed by atoms with van der Waals surface area (Å²) in [7, 11) is 0. The molecule has 0 saturated carbocycles. The van der Waals surface area contributed by atoms with Gasteiger partial charge < -0.3 is 5.11 Å². The zero-order valence-corrected chi connectivity index (χ0v) is 12.9. The van der Waals surface area contributed by atoms with Gasteiger partial charge in [-0.15, -0.1) is 0 Å². The molecule has 7 heteroatoms. The molecule has 2 aromatic rings. The second-order valence-corrected chi connectivity index (χ2v) is 5.90. The van der Waals surface area contributed by atoms with Crippen LogP contribution in [0.4, 0.5) is 13.2 Å². The van der Waals surface area contributed by atoms with E-state index < -0.39 is 17.8 Å². The van der Waals surface area contributed by atoms with E-state index in [2.05, 4.69) is 14.9 Å². The predicted molar refractivity (Wildman–Crippen MR) is 82.0 cm³/mol. The summed E-state index contributed by atoms with van der Waals surface area (Å²) in [6.07, 6.45) is 0.0354. The van der Waals surface area contributed by atoms with Gasteiger partial charge in [0, 0.05) is 18.9 Å². The van der Waals surface area contributed by atoms with Gasteiger partial charge >= 0.3 is 6.18 Å². The summed E-state index contributed by atoms with van der Waals surface area (Å²) in [6, 6.07) is 6.45. The van der Waals surface area contributed by atoms with E-state index in [0.717, 1.165) is 37.3 Å². The lowest BCUT2D eigenvalue weighted by Crippen LogP contribution is -2.29. The average molecular weight is 337 g/mol. The first-order valence-electron chi connectivity index (χ1n) is 7.81. The van der Waals surface area contributed by atoms with E-state index in [1.165, 1.54) is 12.1 Å². The van der Waals surface area contributed by atoms with Gasteiger partial charge in [0.2, 0.25) is 0 Å². The SMILES string of the molecule is OC(CN1CCCC1c1ncccn1)c1ccc(C(F)(F)F)cc1. The van der Waals surface area contributed by atoms with Crippen LogP contribution in [0.5, 0.6) is 0 Å². The van der Waals surface area contributed by atoms with Crippen molar-refractivity contribution in [3.8, 4) is 0 Å². The van der Waals surface area contributed by atoms with Crippen LogP contribution >= 0.6 is 0 Å². The fourth-order valence-electron chi connectivity index (χ4n) is 3.04. The van der Waals surface area contributed by atoms with Crippen LogP contribution in [0.25, 0.3) is 0 Å². The van der Waals surface area contributed by atoms with E-state index in [4.69, 9.17) is 0 Å². The third kappa shape index (κ3) is 3.73. The number of likely N-dealkylation sites (tertiary alicyclic amines) is 1. The number of aromatic nitrogens is 2. The zero-order chi connectivity index (χ0) is 17.2. The second kappa shape index (κ2) is 6.86. The third-order valence-corrected chi connectivity index (χ3v) is 4.28. The maximum atomic E-state index is 12.6. The lowest BCUT2D eigenvalue weighted by molar-refractivity contribution is -0.137. The molecule has 0 aliphatic carbocycles. The number of hydrogen-bond acceptors (Lipinski definition) is 4. The van der Waals surface area contributed by atoms with Gasteiger partial charge in [-0.1, -0.05) is 12.1 Å². The quantitative estimate of drug-likeness (QED) is 0.929. The van der Waals surface area contributed by atoms with Gasteiger partial charge in [0.1, 0.15) is 5.82 Å². The Kier molecular flexibility index (Phi) is 4.82. The van der Waals surface area contributed by atoms with Crippen molar-refractivity contribution in [1.82, 2.24) is 14.9 Å². The van der Waals surface area contributed by atoms with Gasteiger partial charge in [-0.3, -0.25) is 4.90 Å². The molecule has 1 N–H and O–H groups in total. The Morgan fingerprint density at radius 1 is 1.17 bits per heavy atom. The summed E-state index contributed by atoms with van der Waals surface area (Å²) in [5, 5.41) is 10.4. The number of nitrogens with zero attached hydrogens (tertiary/aromatic N) is 3. The molecule has 1 aliphatic rings. The Morgan fingerprint density at radius 2 is 1.83 bits per heavy atom. The first-order valence-corrected chi connectivity index (χ1v) is 7.81. The van der Waals surface area contributed by atoms with Crippen molar-refractivity contribution >= 4 is 0 Å². The highest BCUT2D eigenvalue weighted by molar-refractivity contribution is 5.26. The fourth-order valence-corrected chi connectivity index (χ4v) is 3.04. The molecule has 0 radical (unpaired) electrons. The highest BCUT2D eigenvalue weighted by Crippen LogP contribution is 2.33. The molecule has 3 rings (SSSR count). The van der Waals surface area contributed by atoms with Crippen molar-refractivity contribution in [1.29, 1.82) is 0 Å². The minimum Gasteiger partial charge on any atom is -0.387 e. The Morgan fingerprint density at radius 3 is 2.46 bits per heavy atom. The Balaban J connectivity index is 1.69. The van der Waals surface area contributed by atoms with Gasteiger partial charge in [0.25, 0.3) is 0 Å². The van der Waals surface area contributed by atoms with E-state index >= 15 is 0 Å². The molecular weight excluding hydrogens is 319 g/mol. The molecule has 1 aromatic carbocycles. The summed E-state index contributed by atoms with van der Waals surface area (Å²) in [6.45, 7) is 1.15. The van der Waals surface area contributed by atoms with Gasteiger partial charge in [0.15, 0.2) is 0 Å². The number of aliphatic hydroxyl groups is 1. The first-order chi connectivity index (χ1) is 11.4. The molecule has 128 valence electrons. The monoisotopic (exact) mass is 337 g/mol. The average Bonchev–Trinajstić information content (AvgIpc) is 3.03. The van der Waals surface area contributed by atoms with E-state index in [1.54, 1.807) is 18.5 Å². The van der Waals surface area contributed by atoms with Crippen molar-refractivity contribution in [2.24, 2.45) is 0 Å². The lowest BCUT2D eigenvalue weighted by atomic mass is 10.1. The number of β-amino-alcohol motifs (C(OH)–C–C–N with tert-alkyl or cyclic N) is 1. The third-order valence-electron chi connectivity index (χ3n) is 4.28. The number of aliphatic hydroxyl groups excluding tert-OH is 1. The molecule has 2 unspecified atom stereocenters. The Labute approximate surface area is 138 Å². The summed E-state index contributed by atoms with van der Waals surface area (Å²) in [5.41, 5.74) is -0.238. The number of alkyl halides is 3. The van der Waals surface area contributed by atoms with Crippen LogP contribution in [0.1, 0.15) is 41.9 Å². The first kappa shape index (κ1) is 16.9. The zero-order valence-electron chi connectivity index (χ0n) is 12.9. The maximum absolute atomic E-state index is 12.6. The summed E-state index contributed by atoms with van der Waals surface area (Å²) in [5.74, 6) is 0.717. The largest absolute Gasteiger partial charge is 0.416 e. The molecular formula is C17H18F3N3O. The highest BCUT2D eigenvalue weighted by atomic mass is 19.4. The normalized spacial score (nSPS) is 20.2. The summed E-state index contributed by atoms with van der Waals surface area (Å²) >= 11 is 0. The van der Waals surface area contributed by atoms with E-state index in [-0.39, 0.29) is 6.04 Å². The number of rotatable bonds is 4. The number of halogens is 3. The molecule has 1 fully saturated rings. The summed E-state index contributed by atoms with van der Waals surface area (Å²) in [4.78, 5) is 10.6. The van der Waals surface area contributed by atoms with Crippen LogP contribution in [0.2, 0.25) is 0 Å². The van der Waals surface area contributed by atoms with Crippen LogP contribution in [-0.4, -0.2) is 33.1 Å². The molecule has 4 nitrogen and oxygen atoms in total. The molecule has 1 saturated heterocycles. The maximum Gasteiger partial charge on any atom is 0.416 e. The van der Waals surface area contributed by atoms with Crippen molar-refractivity contribution in [2.75, 3.05) is 13.1 Å². The molecule has 0 bridgehead atoms. The van der Waals surface area contributed by atoms with Crippen molar-refractivity contribution in [2.45, 2.75) is 31.2 Å². The van der Waals surface area contributed by atoms with E-state index in [0.29, 0.717) is 12.1 Å². The Hall–Kier alpha value is -1.99. The Bertz CT molecular complexity index is 661. The standard InChI is InChI=1S/C17H18F3N3O/c18-17(19,20)13-6-4-12(5-7-13)15(24)11-23-10-1-3-14(23)16-21-8-2-9-22-16/h2,4-9,14-15,24H,1,3,10-11H2. The minimum absolute atomic E-state index is 0.0373. The van der Waals surface area contributed by atoms with Crippen molar-refractivity contribution < 1.29 is 18.3 Å².